The van der Waals surface area contributed by atoms with Crippen LogP contribution in [0.25, 0.3) is 0 Å². The molecule has 2 aliphatic carbocycles. The van der Waals surface area contributed by atoms with Crippen molar-refractivity contribution < 1.29 is 13.5 Å². The Kier molecular flexibility index (Phi) is 2.60. The Labute approximate surface area is 119 Å². The van der Waals surface area contributed by atoms with Gasteiger partial charge in [0.25, 0.3) is 0 Å². The van der Waals surface area contributed by atoms with Crippen molar-refractivity contribution in [2.24, 2.45) is 5.92 Å². The summed E-state index contributed by atoms with van der Waals surface area (Å²) >= 11 is 0. The minimum atomic E-state index is -3.43. The average molecular weight is 293 g/mol. The molecule has 1 heterocycles. The second kappa shape index (κ2) is 4.06. The van der Waals surface area contributed by atoms with Gasteiger partial charge in [0, 0.05) is 13.1 Å². The van der Waals surface area contributed by atoms with Gasteiger partial charge in [0.05, 0.1) is 10.5 Å². The molecule has 1 aromatic rings. The summed E-state index contributed by atoms with van der Waals surface area (Å²) in [4.78, 5) is 0.385. The lowest BCUT2D eigenvalue weighted by Crippen LogP contribution is -2.64. The van der Waals surface area contributed by atoms with E-state index in [0.29, 0.717) is 10.8 Å². The van der Waals surface area contributed by atoms with Crippen LogP contribution in [0.2, 0.25) is 0 Å². The molecule has 4 rings (SSSR count). The maximum atomic E-state index is 12.6. The summed E-state index contributed by atoms with van der Waals surface area (Å²) in [5.74, 6) is 0.314. The fraction of sp³-hybridized carbons (Fsp3) is 0.600. The van der Waals surface area contributed by atoms with Crippen LogP contribution in [0.1, 0.15) is 30.4 Å². The molecular weight excluding hydrogens is 274 g/mol. The van der Waals surface area contributed by atoms with Gasteiger partial charge in [-0.1, -0.05) is 6.07 Å². The minimum Gasteiger partial charge on any atom is -0.387 e. The van der Waals surface area contributed by atoms with Gasteiger partial charge in [0.1, 0.15) is 0 Å². The van der Waals surface area contributed by atoms with E-state index in [4.69, 9.17) is 0 Å². The number of aliphatic hydroxyl groups is 1. The highest BCUT2D eigenvalue weighted by atomic mass is 32.2. The molecule has 0 aromatic heterocycles. The van der Waals surface area contributed by atoms with Crippen LogP contribution in [0.15, 0.2) is 23.1 Å². The Bertz CT molecular complexity index is 658. The summed E-state index contributed by atoms with van der Waals surface area (Å²) < 4.78 is 26.5. The van der Waals surface area contributed by atoms with Crippen molar-refractivity contribution in [3.63, 3.8) is 0 Å². The van der Waals surface area contributed by atoms with Gasteiger partial charge in [0.15, 0.2) is 0 Å². The molecule has 108 valence electrons. The van der Waals surface area contributed by atoms with E-state index in [1.807, 2.05) is 12.1 Å². The van der Waals surface area contributed by atoms with E-state index in [1.54, 1.807) is 6.07 Å². The summed E-state index contributed by atoms with van der Waals surface area (Å²) in [6, 6.07) is 5.49. The van der Waals surface area contributed by atoms with Crippen molar-refractivity contribution >= 4 is 10.0 Å². The van der Waals surface area contributed by atoms with Crippen LogP contribution in [0.5, 0.6) is 0 Å². The van der Waals surface area contributed by atoms with E-state index in [2.05, 4.69) is 0 Å². The van der Waals surface area contributed by atoms with Gasteiger partial charge in [-0.15, -0.1) is 0 Å². The zero-order valence-corrected chi connectivity index (χ0v) is 12.2. The van der Waals surface area contributed by atoms with Gasteiger partial charge in [-0.3, -0.25) is 0 Å². The first-order valence-corrected chi connectivity index (χ1v) is 8.77. The van der Waals surface area contributed by atoms with Gasteiger partial charge in [-0.05, 0) is 61.3 Å². The molecule has 4 nitrogen and oxygen atoms in total. The lowest BCUT2D eigenvalue weighted by Gasteiger charge is -2.45. The fourth-order valence-corrected chi connectivity index (χ4v) is 5.09. The maximum absolute atomic E-state index is 12.6. The Morgan fingerprint density at radius 2 is 1.85 bits per heavy atom. The topological polar surface area (TPSA) is 57.6 Å². The molecule has 0 atom stereocenters. The predicted molar refractivity (Wildman–Crippen MR) is 74.9 cm³/mol. The van der Waals surface area contributed by atoms with Crippen LogP contribution in [-0.2, 0) is 22.9 Å². The van der Waals surface area contributed by atoms with Gasteiger partial charge in [-0.2, -0.15) is 4.31 Å². The molecule has 1 saturated carbocycles. The largest absolute Gasteiger partial charge is 0.387 e. The monoisotopic (exact) mass is 293 g/mol. The second-order valence-electron chi connectivity index (χ2n) is 6.44. The van der Waals surface area contributed by atoms with Crippen LogP contribution in [0, 0.1) is 5.92 Å². The SMILES string of the molecule is O=S(=O)(c1ccc2c(c1)CCC2)N1CC(O)(C2CC2)C1. The highest BCUT2D eigenvalue weighted by Crippen LogP contribution is 2.46. The van der Waals surface area contributed by atoms with E-state index in [-0.39, 0.29) is 13.1 Å². The standard InChI is InChI=1S/C15H19NO3S/c17-15(13-5-6-13)9-16(10-15)20(18,19)14-7-4-11-2-1-3-12(11)8-14/h4,7-8,13,17H,1-3,5-6,9-10H2. The number of nitrogens with zero attached hydrogens (tertiary/aromatic N) is 1. The third-order valence-electron chi connectivity index (χ3n) is 4.95. The van der Waals surface area contributed by atoms with Crippen molar-refractivity contribution in [3.05, 3.63) is 29.3 Å². The average Bonchev–Trinajstić information content (AvgIpc) is 3.13. The molecule has 1 aromatic carbocycles. The van der Waals surface area contributed by atoms with Crippen LogP contribution < -0.4 is 0 Å². The van der Waals surface area contributed by atoms with Crippen LogP contribution in [-0.4, -0.2) is 36.5 Å². The van der Waals surface area contributed by atoms with Crippen LogP contribution in [0.3, 0.4) is 0 Å². The molecule has 3 aliphatic rings. The lowest BCUT2D eigenvalue weighted by atomic mass is 9.91. The van der Waals surface area contributed by atoms with E-state index >= 15 is 0 Å². The zero-order valence-electron chi connectivity index (χ0n) is 11.4. The van der Waals surface area contributed by atoms with Gasteiger partial charge >= 0.3 is 0 Å². The number of aryl methyl sites for hydroxylation is 2. The lowest BCUT2D eigenvalue weighted by molar-refractivity contribution is -0.0764. The molecule has 0 spiro atoms. The van der Waals surface area contributed by atoms with E-state index in [1.165, 1.54) is 15.4 Å². The molecule has 1 aliphatic heterocycles. The number of β-amino-alcohol motifs (C(OH)–C–C–N with tert-alkyl or cyclic N) is 1. The Morgan fingerprint density at radius 1 is 1.15 bits per heavy atom. The minimum absolute atomic E-state index is 0.261. The Morgan fingerprint density at radius 3 is 2.55 bits per heavy atom. The summed E-state index contributed by atoms with van der Waals surface area (Å²) in [7, 11) is -3.43. The molecule has 20 heavy (non-hydrogen) atoms. The normalized spacial score (nSPS) is 25.2. The van der Waals surface area contributed by atoms with Crippen molar-refractivity contribution in [2.45, 2.75) is 42.6 Å². The Hall–Kier alpha value is -0.910. The number of fused-ring (bicyclic) bond motifs is 1. The van der Waals surface area contributed by atoms with E-state index in [0.717, 1.165) is 32.1 Å². The fourth-order valence-electron chi connectivity index (χ4n) is 3.47. The number of sulfonamides is 1. The first kappa shape index (κ1) is 12.8. The van der Waals surface area contributed by atoms with Crippen molar-refractivity contribution in [1.29, 1.82) is 0 Å². The number of hydrogen-bond donors (Lipinski definition) is 1. The van der Waals surface area contributed by atoms with Gasteiger partial charge in [0.2, 0.25) is 10.0 Å². The van der Waals surface area contributed by atoms with Gasteiger partial charge < -0.3 is 5.11 Å². The predicted octanol–water partition coefficient (Wildman–Crippen LogP) is 1.32. The van der Waals surface area contributed by atoms with Crippen molar-refractivity contribution in [2.75, 3.05) is 13.1 Å². The molecule has 1 N–H and O–H groups in total. The molecule has 0 radical (unpaired) electrons. The highest BCUT2D eigenvalue weighted by Gasteiger charge is 2.55. The second-order valence-corrected chi connectivity index (χ2v) is 8.37. The van der Waals surface area contributed by atoms with E-state index in [9.17, 15) is 13.5 Å². The molecule has 0 amide bonds. The van der Waals surface area contributed by atoms with E-state index < -0.39 is 15.6 Å². The summed E-state index contributed by atoms with van der Waals surface area (Å²) in [5.41, 5.74) is 1.69. The quantitative estimate of drug-likeness (QED) is 0.914. The number of hydrogen-bond acceptors (Lipinski definition) is 3. The van der Waals surface area contributed by atoms with Crippen molar-refractivity contribution in [1.82, 2.24) is 4.31 Å². The van der Waals surface area contributed by atoms with Crippen LogP contribution in [0.4, 0.5) is 0 Å². The number of benzene rings is 1. The molecule has 2 fully saturated rings. The van der Waals surface area contributed by atoms with Gasteiger partial charge in [-0.25, -0.2) is 8.42 Å². The third-order valence-corrected chi connectivity index (χ3v) is 6.73. The first-order chi connectivity index (χ1) is 9.49. The van der Waals surface area contributed by atoms with Crippen LogP contribution >= 0.6 is 0 Å². The highest BCUT2D eigenvalue weighted by molar-refractivity contribution is 7.89. The molecular formula is C15H19NO3S. The molecule has 0 bridgehead atoms. The molecule has 5 heteroatoms. The maximum Gasteiger partial charge on any atom is 0.243 e. The third kappa shape index (κ3) is 1.84. The molecule has 1 saturated heterocycles. The zero-order chi connectivity index (χ0) is 14.0. The first-order valence-electron chi connectivity index (χ1n) is 7.33. The summed E-state index contributed by atoms with van der Waals surface area (Å²) in [6.45, 7) is 0.522. The van der Waals surface area contributed by atoms with Crippen molar-refractivity contribution in [3.8, 4) is 0 Å². The Balaban J connectivity index is 1.58. The summed E-state index contributed by atoms with van der Waals surface area (Å²) in [6.07, 6.45) is 5.21. The number of rotatable bonds is 3. The smallest absolute Gasteiger partial charge is 0.243 e. The summed E-state index contributed by atoms with van der Waals surface area (Å²) in [5, 5.41) is 10.3. The molecule has 0 unspecified atom stereocenters.